The molecule has 4 N–H and O–H groups in total. The van der Waals surface area contributed by atoms with Crippen LogP contribution in [0.15, 0.2) is 151 Å². The molecule has 210 valence electrons. The Hall–Kier alpha value is -5.34. The molecular formula is C41H36N2. The highest BCUT2D eigenvalue weighted by atomic mass is 14.7. The van der Waals surface area contributed by atoms with Gasteiger partial charge in [0.05, 0.1) is 11.4 Å². The van der Waals surface area contributed by atoms with Gasteiger partial charge in [-0.2, -0.15) is 0 Å². The van der Waals surface area contributed by atoms with Gasteiger partial charge in [0.2, 0.25) is 0 Å². The average Bonchev–Trinajstić information content (AvgIpc) is 3.04. The summed E-state index contributed by atoms with van der Waals surface area (Å²) in [7, 11) is 0. The van der Waals surface area contributed by atoms with Gasteiger partial charge in [0.1, 0.15) is 0 Å². The van der Waals surface area contributed by atoms with Crippen LogP contribution in [0.2, 0.25) is 0 Å². The zero-order valence-electron chi connectivity index (χ0n) is 24.9. The van der Waals surface area contributed by atoms with E-state index in [-0.39, 0.29) is 0 Å². The van der Waals surface area contributed by atoms with Gasteiger partial charge in [-0.3, -0.25) is 0 Å². The van der Waals surface area contributed by atoms with Gasteiger partial charge in [0.15, 0.2) is 0 Å². The SMILES string of the molecule is C\C=C/C=C(N)/C(N)=C/C=C(\C)c1cccc(-c2c3ccccc3c(-c3ccc4ccc(C)cc4c3)c3ccccc23)c1. The predicted molar refractivity (Wildman–Crippen MR) is 188 cm³/mol. The van der Waals surface area contributed by atoms with Crippen molar-refractivity contribution in [2.24, 2.45) is 11.5 Å². The van der Waals surface area contributed by atoms with Crippen molar-refractivity contribution in [2.45, 2.75) is 20.8 Å². The smallest absolute Gasteiger partial charge is 0.0547 e. The molecule has 0 bridgehead atoms. The molecule has 0 aliphatic carbocycles. The van der Waals surface area contributed by atoms with E-state index in [1.54, 1.807) is 0 Å². The minimum Gasteiger partial charge on any atom is -0.397 e. The van der Waals surface area contributed by atoms with Crippen LogP contribution in [0.25, 0.3) is 60.1 Å². The van der Waals surface area contributed by atoms with E-state index in [9.17, 15) is 0 Å². The second kappa shape index (κ2) is 11.9. The Morgan fingerprint density at radius 1 is 0.558 bits per heavy atom. The van der Waals surface area contributed by atoms with Crippen LogP contribution in [0.1, 0.15) is 25.0 Å². The fourth-order valence-corrected chi connectivity index (χ4v) is 5.90. The summed E-state index contributed by atoms with van der Waals surface area (Å²) in [5, 5.41) is 7.50. The number of allylic oxidation sites excluding steroid dienone is 6. The molecule has 6 aromatic rings. The highest BCUT2D eigenvalue weighted by Gasteiger charge is 2.17. The molecule has 0 saturated carbocycles. The molecule has 43 heavy (non-hydrogen) atoms. The molecule has 0 heterocycles. The van der Waals surface area contributed by atoms with E-state index in [0.29, 0.717) is 11.4 Å². The zero-order chi connectivity index (χ0) is 29.9. The standard InChI is InChI=1S/C41H36N2/c1-4-5-17-38(42)39(43)23-19-28(3)30-11-10-12-31(25-30)40-34-13-6-8-15-36(34)41(37-16-9-7-14-35(37)40)32-22-21-29-20-18-27(2)24-33(29)26-32/h4-26H,42-43H2,1-3H3/b5-4-,28-19+,38-17-,39-23-. The van der Waals surface area contributed by atoms with Crippen LogP contribution in [0, 0.1) is 6.92 Å². The molecule has 0 unspecified atom stereocenters. The van der Waals surface area contributed by atoms with Crippen LogP contribution >= 0.6 is 0 Å². The monoisotopic (exact) mass is 556 g/mol. The Balaban J connectivity index is 1.54. The molecule has 0 radical (unpaired) electrons. The molecule has 0 aliphatic rings. The Morgan fingerprint density at radius 3 is 1.77 bits per heavy atom. The van der Waals surface area contributed by atoms with Gasteiger partial charge in [-0.15, -0.1) is 0 Å². The molecule has 0 amide bonds. The Morgan fingerprint density at radius 2 is 1.14 bits per heavy atom. The summed E-state index contributed by atoms with van der Waals surface area (Å²) in [5.74, 6) is 0. The molecule has 2 heteroatoms. The first kappa shape index (κ1) is 27.8. The Bertz CT molecular complexity index is 2070. The lowest BCUT2D eigenvalue weighted by molar-refractivity contribution is 1.25. The van der Waals surface area contributed by atoms with Gasteiger partial charge < -0.3 is 11.5 Å². The largest absolute Gasteiger partial charge is 0.397 e. The maximum Gasteiger partial charge on any atom is 0.0547 e. The lowest BCUT2D eigenvalue weighted by Gasteiger charge is -2.18. The zero-order valence-corrected chi connectivity index (χ0v) is 24.9. The number of rotatable bonds is 6. The van der Waals surface area contributed by atoms with Crippen molar-refractivity contribution < 1.29 is 0 Å². The summed E-state index contributed by atoms with van der Waals surface area (Å²) >= 11 is 0. The highest BCUT2D eigenvalue weighted by molar-refractivity contribution is 6.21. The second-order valence-corrected chi connectivity index (χ2v) is 11.1. The van der Waals surface area contributed by atoms with E-state index in [1.807, 2.05) is 37.3 Å². The molecule has 0 saturated heterocycles. The van der Waals surface area contributed by atoms with Gasteiger partial charge in [0, 0.05) is 0 Å². The molecule has 0 fully saturated rings. The number of fused-ring (bicyclic) bond motifs is 3. The maximum absolute atomic E-state index is 6.22. The fourth-order valence-electron chi connectivity index (χ4n) is 5.90. The Labute approximate surface area is 254 Å². The molecule has 6 aromatic carbocycles. The number of nitrogens with two attached hydrogens (primary N) is 2. The topological polar surface area (TPSA) is 52.0 Å². The third-order valence-corrected chi connectivity index (χ3v) is 8.14. The molecule has 6 rings (SSSR count). The van der Waals surface area contributed by atoms with E-state index >= 15 is 0 Å². The molecule has 0 aliphatic heterocycles. The summed E-state index contributed by atoms with van der Waals surface area (Å²) in [6.45, 7) is 6.21. The van der Waals surface area contributed by atoms with Gasteiger partial charge in [0.25, 0.3) is 0 Å². The normalized spacial score (nSPS) is 13.0. The lowest BCUT2D eigenvalue weighted by atomic mass is 9.85. The molecular weight excluding hydrogens is 520 g/mol. The Kier molecular flexibility index (Phi) is 7.68. The summed E-state index contributed by atoms with van der Waals surface area (Å²) in [6, 6.07) is 39.9. The third kappa shape index (κ3) is 5.48. The first-order valence-corrected chi connectivity index (χ1v) is 14.7. The van der Waals surface area contributed by atoms with Crippen molar-refractivity contribution in [3.8, 4) is 22.3 Å². The average molecular weight is 557 g/mol. The van der Waals surface area contributed by atoms with Crippen LogP contribution in [0.4, 0.5) is 0 Å². The van der Waals surface area contributed by atoms with E-state index < -0.39 is 0 Å². The molecule has 0 atom stereocenters. The maximum atomic E-state index is 6.22. The van der Waals surface area contributed by atoms with Crippen molar-refractivity contribution in [1.29, 1.82) is 0 Å². The predicted octanol–water partition coefficient (Wildman–Crippen LogP) is 10.5. The second-order valence-electron chi connectivity index (χ2n) is 11.1. The van der Waals surface area contributed by atoms with Gasteiger partial charge in [-0.25, -0.2) is 0 Å². The summed E-state index contributed by atoms with van der Waals surface area (Å²) in [5.41, 5.74) is 21.9. The number of aryl methyl sites for hydroxylation is 1. The van der Waals surface area contributed by atoms with Gasteiger partial charge in [-0.05, 0) is 111 Å². The van der Waals surface area contributed by atoms with Gasteiger partial charge in [-0.1, -0.05) is 121 Å². The first-order chi connectivity index (χ1) is 20.9. The van der Waals surface area contributed by atoms with E-state index in [4.69, 9.17) is 11.5 Å². The van der Waals surface area contributed by atoms with Crippen molar-refractivity contribution in [2.75, 3.05) is 0 Å². The molecule has 2 nitrogen and oxygen atoms in total. The van der Waals surface area contributed by atoms with E-state index in [2.05, 4.69) is 123 Å². The van der Waals surface area contributed by atoms with Gasteiger partial charge >= 0.3 is 0 Å². The van der Waals surface area contributed by atoms with E-state index in [1.165, 1.54) is 60.1 Å². The lowest BCUT2D eigenvalue weighted by Crippen LogP contribution is -2.08. The summed E-state index contributed by atoms with van der Waals surface area (Å²) in [4.78, 5) is 0. The van der Waals surface area contributed by atoms with Crippen LogP contribution in [-0.4, -0.2) is 0 Å². The van der Waals surface area contributed by atoms with Crippen molar-refractivity contribution >= 4 is 37.9 Å². The van der Waals surface area contributed by atoms with Crippen molar-refractivity contribution in [3.05, 3.63) is 162 Å². The minimum atomic E-state index is 0.546. The number of hydrogen-bond donors (Lipinski definition) is 2. The van der Waals surface area contributed by atoms with Crippen molar-refractivity contribution in [3.63, 3.8) is 0 Å². The fraction of sp³-hybridized carbons (Fsp3) is 0.0732. The van der Waals surface area contributed by atoms with E-state index in [0.717, 1.165) is 11.1 Å². The quantitative estimate of drug-likeness (QED) is 0.158. The molecule has 0 aromatic heterocycles. The summed E-state index contributed by atoms with van der Waals surface area (Å²) in [6.07, 6.45) is 9.54. The minimum absolute atomic E-state index is 0.546. The molecule has 0 spiro atoms. The third-order valence-electron chi connectivity index (χ3n) is 8.14. The summed E-state index contributed by atoms with van der Waals surface area (Å²) < 4.78 is 0. The van der Waals surface area contributed by atoms with Crippen molar-refractivity contribution in [1.82, 2.24) is 0 Å². The van der Waals surface area contributed by atoms with Crippen LogP contribution in [0.3, 0.4) is 0 Å². The first-order valence-electron chi connectivity index (χ1n) is 14.7. The van der Waals surface area contributed by atoms with Crippen LogP contribution in [0.5, 0.6) is 0 Å². The van der Waals surface area contributed by atoms with Crippen LogP contribution < -0.4 is 11.5 Å². The number of hydrogen-bond acceptors (Lipinski definition) is 2. The highest BCUT2D eigenvalue weighted by Crippen LogP contribution is 2.44. The number of benzene rings is 6. The van der Waals surface area contributed by atoms with Crippen LogP contribution in [-0.2, 0) is 0 Å².